The Balaban J connectivity index is 0.00000108. The van der Waals surface area contributed by atoms with Crippen LogP contribution in [-0.4, -0.2) is 23.9 Å². The molecule has 218 valence electrons. The van der Waals surface area contributed by atoms with Gasteiger partial charge in [0, 0.05) is 0 Å². The molecule has 41 heavy (non-hydrogen) atoms. The van der Waals surface area contributed by atoms with E-state index >= 15 is 0 Å². The van der Waals surface area contributed by atoms with E-state index in [1.807, 2.05) is 24.3 Å². The highest BCUT2D eigenvalue weighted by Crippen LogP contribution is 2.19. The molecule has 0 aliphatic carbocycles. The summed E-state index contributed by atoms with van der Waals surface area (Å²) in [5, 5.41) is 0. The lowest BCUT2D eigenvalue weighted by atomic mass is 10.0. The van der Waals surface area contributed by atoms with Crippen molar-refractivity contribution in [3.63, 3.8) is 0 Å². The Labute approximate surface area is 244 Å². The molecule has 0 bridgehead atoms. The molecule has 0 fully saturated rings. The molecule has 0 aromatic heterocycles. The van der Waals surface area contributed by atoms with Gasteiger partial charge >= 0.3 is 23.9 Å². The van der Waals surface area contributed by atoms with Crippen LogP contribution in [0, 0.1) is 5.41 Å². The predicted octanol–water partition coefficient (Wildman–Crippen LogP) is 8.42. The molecule has 0 amide bonds. The Morgan fingerprint density at radius 3 is 1.10 bits per heavy atom. The Hall–Kier alpha value is -4.06. The summed E-state index contributed by atoms with van der Waals surface area (Å²) in [6.07, 6.45) is 5.06. The number of hydrogen-bond donors (Lipinski definition) is 0. The minimum absolute atomic E-state index is 0.158. The van der Waals surface area contributed by atoms with E-state index < -0.39 is 23.9 Å². The molecule has 0 saturated heterocycles. The number of esters is 4. The van der Waals surface area contributed by atoms with E-state index in [4.69, 9.17) is 9.47 Å². The average Bonchev–Trinajstić information content (AvgIpc) is 2.94. The molecule has 3 aromatic rings. The van der Waals surface area contributed by atoms with Crippen molar-refractivity contribution in [1.29, 1.82) is 0 Å². The fourth-order valence-corrected chi connectivity index (χ4v) is 3.84. The first-order chi connectivity index (χ1) is 19.5. The minimum Gasteiger partial charge on any atom is -0.386 e. The van der Waals surface area contributed by atoms with Crippen molar-refractivity contribution in [1.82, 2.24) is 0 Å². The van der Waals surface area contributed by atoms with Gasteiger partial charge in [0.1, 0.15) is 0 Å². The van der Waals surface area contributed by atoms with E-state index in [9.17, 15) is 19.2 Å². The molecular formula is C35H42O6. The molecule has 0 spiro atoms. The summed E-state index contributed by atoms with van der Waals surface area (Å²) in [6, 6.07) is 19.7. The van der Waals surface area contributed by atoms with Crippen molar-refractivity contribution < 1.29 is 28.7 Å². The summed E-state index contributed by atoms with van der Waals surface area (Å²) in [6.45, 7) is 12.9. The fourth-order valence-electron chi connectivity index (χ4n) is 3.84. The van der Waals surface area contributed by atoms with Crippen LogP contribution in [0.3, 0.4) is 0 Å². The normalized spacial score (nSPS) is 10.7. The van der Waals surface area contributed by atoms with Gasteiger partial charge in [0.25, 0.3) is 0 Å². The zero-order valence-corrected chi connectivity index (χ0v) is 25.1. The molecule has 0 saturated carbocycles. The van der Waals surface area contributed by atoms with Crippen molar-refractivity contribution >= 4 is 23.9 Å². The van der Waals surface area contributed by atoms with Crippen molar-refractivity contribution in [3.8, 4) is 0 Å². The number of unbranched alkanes of at least 4 members (excludes halogenated alkanes) is 2. The number of ether oxygens (including phenoxy) is 2. The highest BCUT2D eigenvalue weighted by atomic mass is 16.6. The highest BCUT2D eigenvalue weighted by Gasteiger charge is 2.25. The molecule has 3 rings (SSSR count). The van der Waals surface area contributed by atoms with E-state index in [1.165, 1.54) is 24.3 Å². The first kappa shape index (κ1) is 33.1. The van der Waals surface area contributed by atoms with Crippen LogP contribution in [0.4, 0.5) is 0 Å². The second-order valence-corrected chi connectivity index (χ2v) is 11.4. The lowest BCUT2D eigenvalue weighted by Crippen LogP contribution is -2.20. The molecule has 0 aliphatic rings. The number of carbonyl (C=O) groups is 4. The number of benzene rings is 3. The van der Waals surface area contributed by atoms with Crippen LogP contribution in [0.2, 0.25) is 0 Å². The average molecular weight is 559 g/mol. The highest BCUT2D eigenvalue weighted by molar-refractivity contribution is 6.11. The van der Waals surface area contributed by atoms with E-state index in [0.29, 0.717) is 29.4 Å². The zero-order chi connectivity index (χ0) is 30.4. The van der Waals surface area contributed by atoms with Crippen LogP contribution < -0.4 is 0 Å². The Kier molecular flexibility index (Phi) is 13.1. The quantitative estimate of drug-likeness (QED) is 0.183. The van der Waals surface area contributed by atoms with E-state index in [1.54, 1.807) is 24.3 Å². The van der Waals surface area contributed by atoms with E-state index in [0.717, 1.165) is 36.8 Å². The fraction of sp³-hybridized carbons (Fsp3) is 0.371. The molecular weight excluding hydrogens is 516 g/mol. The second-order valence-electron chi connectivity index (χ2n) is 11.4. The molecule has 0 N–H and O–H groups in total. The van der Waals surface area contributed by atoms with Gasteiger partial charge in [0.2, 0.25) is 0 Å². The van der Waals surface area contributed by atoms with Gasteiger partial charge in [0.15, 0.2) is 0 Å². The van der Waals surface area contributed by atoms with Crippen molar-refractivity contribution in [2.75, 3.05) is 0 Å². The first-order valence-corrected chi connectivity index (χ1v) is 14.2. The monoisotopic (exact) mass is 558 g/mol. The summed E-state index contributed by atoms with van der Waals surface area (Å²) < 4.78 is 10.2. The van der Waals surface area contributed by atoms with Gasteiger partial charge in [-0.2, -0.15) is 0 Å². The summed E-state index contributed by atoms with van der Waals surface area (Å²) in [5.74, 6) is -3.58. The first-order valence-electron chi connectivity index (χ1n) is 14.2. The van der Waals surface area contributed by atoms with Crippen LogP contribution in [0.25, 0.3) is 0 Å². The van der Waals surface area contributed by atoms with Crippen LogP contribution in [0.15, 0.2) is 72.8 Å². The van der Waals surface area contributed by atoms with Crippen LogP contribution in [-0.2, 0) is 22.3 Å². The third-order valence-corrected chi connectivity index (χ3v) is 5.81. The molecule has 0 radical (unpaired) electrons. The summed E-state index contributed by atoms with van der Waals surface area (Å²) in [5.41, 5.74) is 2.37. The lowest BCUT2D eigenvalue weighted by molar-refractivity contribution is 0.0355. The Morgan fingerprint density at radius 1 is 0.512 bits per heavy atom. The third kappa shape index (κ3) is 11.1. The number of carbonyl (C=O) groups excluding carboxylic acids is 4. The molecule has 0 aliphatic heterocycles. The second kappa shape index (κ2) is 16.3. The number of aryl methyl sites for hydroxylation is 2. The SMILES string of the molecule is CC(C)(C)C.CCCCc1ccccc1C(=O)OC(=O)c1ccccc1C(=O)OC(=O)c1ccccc1CCCC. The topological polar surface area (TPSA) is 86.7 Å². The van der Waals surface area contributed by atoms with Crippen molar-refractivity contribution in [2.45, 2.75) is 80.1 Å². The maximum Gasteiger partial charge on any atom is 0.346 e. The van der Waals surface area contributed by atoms with Crippen molar-refractivity contribution in [2.24, 2.45) is 5.41 Å². The Bertz CT molecular complexity index is 1230. The van der Waals surface area contributed by atoms with Crippen LogP contribution in [0.1, 0.15) is 120 Å². The molecule has 0 unspecified atom stereocenters. The van der Waals surface area contributed by atoms with Gasteiger partial charge in [-0.25, -0.2) is 19.2 Å². The van der Waals surface area contributed by atoms with Gasteiger partial charge in [-0.05, 0) is 66.5 Å². The zero-order valence-electron chi connectivity index (χ0n) is 25.1. The van der Waals surface area contributed by atoms with E-state index in [-0.39, 0.29) is 11.1 Å². The smallest absolute Gasteiger partial charge is 0.346 e. The van der Waals surface area contributed by atoms with Gasteiger partial charge in [-0.3, -0.25) is 0 Å². The summed E-state index contributed by atoms with van der Waals surface area (Å²) >= 11 is 0. The Morgan fingerprint density at radius 2 is 0.780 bits per heavy atom. The van der Waals surface area contributed by atoms with Crippen molar-refractivity contribution in [3.05, 3.63) is 106 Å². The molecule has 0 heterocycles. The van der Waals surface area contributed by atoms with Gasteiger partial charge in [-0.15, -0.1) is 0 Å². The maximum atomic E-state index is 12.9. The summed E-state index contributed by atoms with van der Waals surface area (Å²) in [4.78, 5) is 51.3. The third-order valence-electron chi connectivity index (χ3n) is 5.81. The molecule has 6 heteroatoms. The van der Waals surface area contributed by atoms with Gasteiger partial charge < -0.3 is 9.47 Å². The lowest BCUT2D eigenvalue weighted by Gasteiger charge is -2.11. The minimum atomic E-state index is -0.992. The number of hydrogen-bond acceptors (Lipinski definition) is 6. The summed E-state index contributed by atoms with van der Waals surface area (Å²) in [7, 11) is 0. The maximum absolute atomic E-state index is 12.9. The number of rotatable bonds is 10. The van der Waals surface area contributed by atoms with Gasteiger partial charge in [-0.1, -0.05) is 103 Å². The van der Waals surface area contributed by atoms with Gasteiger partial charge in [0.05, 0.1) is 22.3 Å². The molecule has 0 atom stereocenters. The molecule has 6 nitrogen and oxygen atoms in total. The standard InChI is InChI=1S/C30H30O6.C5H12/c1-3-5-13-21-15-7-9-17-23(21)27(31)35-29(33)25-19-11-12-20-26(25)30(34)36-28(32)24-18-10-8-16-22(24)14-6-4-2;1-5(2,3)4/h7-12,15-20H,3-6,13-14H2,1-2H3;1-4H3. The predicted molar refractivity (Wildman–Crippen MR) is 161 cm³/mol. The van der Waals surface area contributed by atoms with Crippen LogP contribution in [0.5, 0.6) is 0 Å². The van der Waals surface area contributed by atoms with E-state index in [2.05, 4.69) is 41.5 Å². The molecule has 3 aromatic carbocycles. The largest absolute Gasteiger partial charge is 0.386 e. The van der Waals surface area contributed by atoms with Crippen LogP contribution >= 0.6 is 0 Å².